The van der Waals surface area contributed by atoms with Crippen molar-refractivity contribution in [1.82, 2.24) is 10.6 Å². The molecule has 1 amide bonds. The molecule has 118 valence electrons. The van der Waals surface area contributed by atoms with Crippen LogP contribution in [0.25, 0.3) is 0 Å². The summed E-state index contributed by atoms with van der Waals surface area (Å²) in [6.45, 7) is 10.7. The summed E-state index contributed by atoms with van der Waals surface area (Å²) in [5.74, 6) is 1.12. The summed E-state index contributed by atoms with van der Waals surface area (Å²) in [6, 6.07) is 0.306. The first-order valence-corrected chi connectivity index (χ1v) is 7.47. The number of nitrogens with zero attached hydrogens (tertiary/aromatic N) is 1. The van der Waals surface area contributed by atoms with Gasteiger partial charge in [-0.2, -0.15) is 0 Å². The normalized spacial score (nSPS) is 14.2. The fourth-order valence-electron chi connectivity index (χ4n) is 1.90. The minimum atomic E-state index is -0.540. The topological polar surface area (TPSA) is 79.5 Å². The lowest BCUT2D eigenvalue weighted by atomic mass is 9.93. The lowest BCUT2D eigenvalue weighted by molar-refractivity contribution is -0.128. The van der Waals surface area contributed by atoms with E-state index in [0.717, 1.165) is 12.3 Å². The lowest BCUT2D eigenvalue weighted by Crippen LogP contribution is -2.41. The van der Waals surface area contributed by atoms with Gasteiger partial charge in [0.15, 0.2) is 5.96 Å². The van der Waals surface area contributed by atoms with E-state index in [1.807, 2.05) is 13.8 Å². The molecule has 1 atom stereocenters. The summed E-state index contributed by atoms with van der Waals surface area (Å²) in [6.07, 6.45) is 3.49. The van der Waals surface area contributed by atoms with Gasteiger partial charge in [0.1, 0.15) is 0 Å². The summed E-state index contributed by atoms with van der Waals surface area (Å²) in [5.41, 5.74) is 5.32. The second kappa shape index (κ2) is 8.82. The predicted molar refractivity (Wildman–Crippen MR) is 85.6 cm³/mol. The molecule has 0 bridgehead atoms. The highest BCUT2D eigenvalue weighted by Crippen LogP contribution is 2.15. The summed E-state index contributed by atoms with van der Waals surface area (Å²) >= 11 is 0. The number of guanidine groups is 1. The maximum absolute atomic E-state index is 11.6. The van der Waals surface area contributed by atoms with E-state index in [2.05, 4.69) is 36.4 Å². The molecule has 0 aromatic rings. The quantitative estimate of drug-likeness (QED) is 0.470. The zero-order valence-electron chi connectivity index (χ0n) is 13.9. The number of hydrogen-bond donors (Lipinski definition) is 3. The van der Waals surface area contributed by atoms with Crippen LogP contribution < -0.4 is 16.4 Å². The van der Waals surface area contributed by atoms with Crippen LogP contribution in [0.2, 0.25) is 0 Å². The molecule has 0 spiro atoms. The van der Waals surface area contributed by atoms with Gasteiger partial charge >= 0.3 is 0 Å². The van der Waals surface area contributed by atoms with Crippen LogP contribution >= 0.6 is 0 Å². The minimum absolute atomic E-state index is 0.0287. The molecule has 0 rings (SSSR count). The Morgan fingerprint density at radius 2 is 1.85 bits per heavy atom. The molecule has 0 aromatic heterocycles. The molecule has 0 saturated carbocycles. The molecule has 0 aliphatic carbocycles. The highest BCUT2D eigenvalue weighted by atomic mass is 16.2. The number of carbonyl (C=O) groups is 1. The molecule has 4 N–H and O–H groups in total. The third-order valence-corrected chi connectivity index (χ3v) is 3.30. The average molecular weight is 284 g/mol. The SMILES string of the molecule is CNC(=O)C(C)(C)CN=C(N)NC(C)CCCC(C)C. The van der Waals surface area contributed by atoms with E-state index in [-0.39, 0.29) is 5.91 Å². The van der Waals surface area contributed by atoms with Gasteiger partial charge in [0.05, 0.1) is 12.0 Å². The monoisotopic (exact) mass is 284 g/mol. The van der Waals surface area contributed by atoms with Crippen LogP contribution in [-0.4, -0.2) is 31.5 Å². The Hall–Kier alpha value is -1.26. The Morgan fingerprint density at radius 3 is 2.35 bits per heavy atom. The predicted octanol–water partition coefficient (Wildman–Crippen LogP) is 1.88. The van der Waals surface area contributed by atoms with Gasteiger partial charge in [0.2, 0.25) is 5.91 Å². The van der Waals surface area contributed by atoms with E-state index in [1.54, 1.807) is 7.05 Å². The number of nitrogens with two attached hydrogens (primary N) is 1. The van der Waals surface area contributed by atoms with E-state index in [4.69, 9.17) is 5.73 Å². The van der Waals surface area contributed by atoms with Crippen LogP contribution in [0.3, 0.4) is 0 Å². The summed E-state index contributed by atoms with van der Waals surface area (Å²) in [4.78, 5) is 15.9. The van der Waals surface area contributed by atoms with Crippen molar-refractivity contribution < 1.29 is 4.79 Å². The highest BCUT2D eigenvalue weighted by molar-refractivity contribution is 5.83. The largest absolute Gasteiger partial charge is 0.370 e. The molecule has 1 unspecified atom stereocenters. The Bertz CT molecular complexity index is 324. The first kappa shape index (κ1) is 18.7. The first-order chi connectivity index (χ1) is 9.19. The van der Waals surface area contributed by atoms with Crippen LogP contribution in [0, 0.1) is 11.3 Å². The maximum atomic E-state index is 11.6. The molecule has 0 fully saturated rings. The van der Waals surface area contributed by atoms with E-state index in [0.29, 0.717) is 18.5 Å². The van der Waals surface area contributed by atoms with Crippen molar-refractivity contribution in [2.24, 2.45) is 22.1 Å². The van der Waals surface area contributed by atoms with E-state index in [1.165, 1.54) is 12.8 Å². The van der Waals surface area contributed by atoms with Crippen molar-refractivity contribution in [2.75, 3.05) is 13.6 Å². The van der Waals surface area contributed by atoms with Crippen molar-refractivity contribution in [2.45, 2.75) is 59.9 Å². The van der Waals surface area contributed by atoms with E-state index < -0.39 is 5.41 Å². The van der Waals surface area contributed by atoms with Crippen molar-refractivity contribution in [1.29, 1.82) is 0 Å². The zero-order valence-corrected chi connectivity index (χ0v) is 13.9. The van der Waals surface area contributed by atoms with Gasteiger partial charge in [-0.25, -0.2) is 0 Å². The molecular weight excluding hydrogens is 252 g/mol. The minimum Gasteiger partial charge on any atom is -0.370 e. The number of hydrogen-bond acceptors (Lipinski definition) is 2. The molecule has 0 aliphatic rings. The van der Waals surface area contributed by atoms with Gasteiger partial charge in [-0.1, -0.05) is 26.7 Å². The van der Waals surface area contributed by atoms with Gasteiger partial charge in [0, 0.05) is 13.1 Å². The molecule has 0 heterocycles. The standard InChI is InChI=1S/C15H32N4O/c1-11(2)8-7-9-12(3)19-14(16)18-10-15(4,5)13(20)17-6/h11-12H,7-10H2,1-6H3,(H,17,20)(H3,16,18,19). The smallest absolute Gasteiger partial charge is 0.227 e. The van der Waals surface area contributed by atoms with Crippen molar-refractivity contribution in [3.63, 3.8) is 0 Å². The summed E-state index contributed by atoms with van der Waals surface area (Å²) in [5, 5.41) is 5.82. The molecular formula is C15H32N4O. The van der Waals surface area contributed by atoms with Crippen LogP contribution in [0.5, 0.6) is 0 Å². The van der Waals surface area contributed by atoms with Crippen LogP contribution in [0.15, 0.2) is 4.99 Å². The molecule has 0 aliphatic heterocycles. The number of rotatable bonds is 8. The first-order valence-electron chi connectivity index (χ1n) is 7.47. The molecule has 5 heteroatoms. The highest BCUT2D eigenvalue weighted by Gasteiger charge is 2.26. The number of nitrogens with one attached hydrogen (secondary N) is 2. The van der Waals surface area contributed by atoms with Crippen molar-refractivity contribution in [3.8, 4) is 0 Å². The molecule has 5 nitrogen and oxygen atoms in total. The second-order valence-corrected chi connectivity index (χ2v) is 6.53. The third-order valence-electron chi connectivity index (χ3n) is 3.30. The third kappa shape index (κ3) is 8.02. The molecule has 0 aromatic carbocycles. The van der Waals surface area contributed by atoms with Gasteiger partial charge in [-0.3, -0.25) is 9.79 Å². The van der Waals surface area contributed by atoms with Crippen LogP contribution in [0.4, 0.5) is 0 Å². The fourth-order valence-corrected chi connectivity index (χ4v) is 1.90. The second-order valence-electron chi connectivity index (χ2n) is 6.53. The van der Waals surface area contributed by atoms with Crippen molar-refractivity contribution in [3.05, 3.63) is 0 Å². The van der Waals surface area contributed by atoms with Gasteiger partial charge in [-0.15, -0.1) is 0 Å². The van der Waals surface area contributed by atoms with Gasteiger partial charge in [0.25, 0.3) is 0 Å². The van der Waals surface area contributed by atoms with Crippen molar-refractivity contribution >= 4 is 11.9 Å². The van der Waals surface area contributed by atoms with Crippen LogP contribution in [-0.2, 0) is 4.79 Å². The molecule has 0 radical (unpaired) electrons. The van der Waals surface area contributed by atoms with E-state index >= 15 is 0 Å². The Labute approximate surface area is 123 Å². The Balaban J connectivity index is 4.16. The molecule has 20 heavy (non-hydrogen) atoms. The summed E-state index contributed by atoms with van der Waals surface area (Å²) < 4.78 is 0. The Morgan fingerprint density at radius 1 is 1.25 bits per heavy atom. The number of carbonyl (C=O) groups excluding carboxylic acids is 1. The van der Waals surface area contributed by atoms with E-state index in [9.17, 15) is 4.79 Å². The Kier molecular flexibility index (Phi) is 8.26. The zero-order chi connectivity index (χ0) is 15.8. The van der Waals surface area contributed by atoms with Gasteiger partial charge < -0.3 is 16.4 Å². The number of aliphatic imine (C=N–C) groups is 1. The molecule has 0 saturated heterocycles. The average Bonchev–Trinajstić information content (AvgIpc) is 2.34. The lowest BCUT2D eigenvalue weighted by Gasteiger charge is -2.21. The number of amides is 1. The summed E-state index contributed by atoms with van der Waals surface area (Å²) in [7, 11) is 1.63. The fraction of sp³-hybridized carbons (Fsp3) is 0.867. The maximum Gasteiger partial charge on any atom is 0.227 e. The van der Waals surface area contributed by atoms with Crippen LogP contribution in [0.1, 0.15) is 53.9 Å². The van der Waals surface area contributed by atoms with Gasteiger partial charge in [-0.05, 0) is 33.1 Å².